The molecular weight excluding hydrogens is 582 g/mol. The number of nitrogens with zero attached hydrogens (tertiary/aromatic N) is 1. The summed E-state index contributed by atoms with van der Waals surface area (Å²) in [4.78, 5) is 43.7. The van der Waals surface area contributed by atoms with Crippen molar-refractivity contribution >= 4 is 17.9 Å². The van der Waals surface area contributed by atoms with Crippen molar-refractivity contribution in [2.45, 2.75) is 98.0 Å². The van der Waals surface area contributed by atoms with Crippen LogP contribution in [0.5, 0.6) is 11.5 Å². The van der Waals surface area contributed by atoms with Gasteiger partial charge in [-0.3, -0.25) is 9.59 Å². The maximum absolute atomic E-state index is 14.8. The Morgan fingerprint density at radius 3 is 2.11 bits per heavy atom. The molecule has 3 aromatic rings. The third-order valence-corrected chi connectivity index (χ3v) is 7.66. The van der Waals surface area contributed by atoms with Gasteiger partial charge in [-0.2, -0.15) is 0 Å². The first kappa shape index (κ1) is 35.9. The normalized spacial score (nSPS) is 13.4. The van der Waals surface area contributed by atoms with Gasteiger partial charge in [0.15, 0.2) is 0 Å². The van der Waals surface area contributed by atoms with Crippen molar-refractivity contribution in [3.8, 4) is 11.5 Å². The van der Waals surface area contributed by atoms with Crippen molar-refractivity contribution in [2.24, 2.45) is 5.92 Å². The fourth-order valence-electron chi connectivity index (χ4n) is 5.21. The first-order chi connectivity index (χ1) is 21.7. The molecule has 0 aliphatic rings. The number of phenolic OH excluding ortho intramolecular Hbond substituents is 2. The van der Waals surface area contributed by atoms with E-state index in [1.54, 1.807) is 58.0 Å². The van der Waals surface area contributed by atoms with Gasteiger partial charge in [0.1, 0.15) is 29.2 Å². The average Bonchev–Trinajstić information content (AvgIpc) is 2.99. The Balaban J connectivity index is 2.13. The Morgan fingerprint density at radius 2 is 1.50 bits per heavy atom. The molecule has 248 valence electrons. The lowest BCUT2D eigenvalue weighted by Crippen LogP contribution is -2.56. The van der Waals surface area contributed by atoms with Crippen LogP contribution in [0.2, 0.25) is 0 Å². The van der Waals surface area contributed by atoms with Gasteiger partial charge in [-0.15, -0.1) is 0 Å². The summed E-state index contributed by atoms with van der Waals surface area (Å²) in [5.74, 6) is -0.636. The number of phenols is 2. The van der Waals surface area contributed by atoms with E-state index >= 15 is 0 Å². The number of alkyl carbamates (subject to hydrolysis) is 1. The van der Waals surface area contributed by atoms with Crippen LogP contribution in [0.25, 0.3) is 0 Å². The van der Waals surface area contributed by atoms with Crippen LogP contribution in [0.3, 0.4) is 0 Å². The fourth-order valence-corrected chi connectivity index (χ4v) is 5.21. The summed E-state index contributed by atoms with van der Waals surface area (Å²) in [7, 11) is 0. The Kier molecular flexibility index (Phi) is 12.6. The lowest BCUT2D eigenvalue weighted by molar-refractivity contribution is -0.145. The number of hydrogen-bond donors (Lipinski definition) is 4. The van der Waals surface area contributed by atoms with E-state index in [2.05, 4.69) is 24.5 Å². The molecule has 0 aliphatic heterocycles. The van der Waals surface area contributed by atoms with Crippen LogP contribution in [-0.4, -0.2) is 50.7 Å². The van der Waals surface area contributed by atoms with Gasteiger partial charge < -0.3 is 30.5 Å². The highest BCUT2D eigenvalue weighted by molar-refractivity contribution is 5.93. The molecule has 9 heteroatoms. The predicted octanol–water partition coefficient (Wildman–Crippen LogP) is 6.55. The van der Waals surface area contributed by atoms with E-state index in [1.165, 1.54) is 17.0 Å². The summed E-state index contributed by atoms with van der Waals surface area (Å²) < 4.78 is 5.53. The van der Waals surface area contributed by atoms with Gasteiger partial charge in [0.25, 0.3) is 0 Å². The highest BCUT2D eigenvalue weighted by Gasteiger charge is 2.40. The van der Waals surface area contributed by atoms with Crippen LogP contribution in [0.1, 0.15) is 82.7 Å². The van der Waals surface area contributed by atoms with E-state index in [1.807, 2.05) is 37.3 Å². The average molecular weight is 632 g/mol. The number of amides is 3. The number of nitrogens with one attached hydrogen (secondary N) is 2. The molecule has 0 aromatic heterocycles. The Labute approximate surface area is 273 Å². The summed E-state index contributed by atoms with van der Waals surface area (Å²) in [5.41, 5.74) is 1.60. The third-order valence-electron chi connectivity index (χ3n) is 7.66. The SMILES string of the molecule is Cc1cccc(C(C(=O)NCc2ccccc2)N(C(=O)C(Cc2ccc(O)cc2)NC(=O)OC(C)(C)C)C(C)CCC(C)C)c1O. The van der Waals surface area contributed by atoms with Gasteiger partial charge in [0.05, 0.1) is 0 Å². The van der Waals surface area contributed by atoms with E-state index in [-0.39, 0.29) is 30.0 Å². The van der Waals surface area contributed by atoms with E-state index in [9.17, 15) is 24.6 Å². The molecule has 3 amide bonds. The van der Waals surface area contributed by atoms with Crippen molar-refractivity contribution < 1.29 is 29.3 Å². The largest absolute Gasteiger partial charge is 0.508 e. The van der Waals surface area contributed by atoms with Gasteiger partial charge in [-0.1, -0.05) is 74.5 Å². The molecule has 46 heavy (non-hydrogen) atoms. The lowest BCUT2D eigenvalue weighted by atomic mass is 9.94. The number of hydrogen-bond acceptors (Lipinski definition) is 6. The molecule has 9 nitrogen and oxygen atoms in total. The molecule has 0 saturated carbocycles. The predicted molar refractivity (Wildman–Crippen MR) is 179 cm³/mol. The monoisotopic (exact) mass is 631 g/mol. The van der Waals surface area contributed by atoms with Crippen molar-refractivity contribution in [3.05, 3.63) is 95.1 Å². The second-order valence-corrected chi connectivity index (χ2v) is 13.3. The van der Waals surface area contributed by atoms with Crippen LogP contribution >= 0.6 is 0 Å². The quantitative estimate of drug-likeness (QED) is 0.169. The van der Waals surface area contributed by atoms with Crippen molar-refractivity contribution in [2.75, 3.05) is 0 Å². The molecule has 3 rings (SSSR count). The van der Waals surface area contributed by atoms with Gasteiger partial charge in [0.2, 0.25) is 11.8 Å². The molecule has 0 radical (unpaired) electrons. The molecule has 3 aromatic carbocycles. The number of carbonyl (C=O) groups excluding carboxylic acids is 3. The molecule has 3 unspecified atom stereocenters. The number of benzene rings is 3. The van der Waals surface area contributed by atoms with Crippen molar-refractivity contribution in [1.29, 1.82) is 0 Å². The lowest BCUT2D eigenvalue weighted by Gasteiger charge is -2.39. The first-order valence-electron chi connectivity index (χ1n) is 15.9. The number of rotatable bonds is 13. The highest BCUT2D eigenvalue weighted by atomic mass is 16.6. The molecule has 0 heterocycles. The Bertz CT molecular complexity index is 1450. The summed E-state index contributed by atoms with van der Waals surface area (Å²) in [6.07, 6.45) is 0.661. The van der Waals surface area contributed by atoms with Crippen LogP contribution in [-0.2, 0) is 27.3 Å². The molecule has 0 saturated heterocycles. The minimum absolute atomic E-state index is 0.0701. The molecule has 0 bridgehead atoms. The topological polar surface area (TPSA) is 128 Å². The first-order valence-corrected chi connectivity index (χ1v) is 15.9. The molecule has 0 spiro atoms. The maximum atomic E-state index is 14.8. The van der Waals surface area contributed by atoms with Crippen LogP contribution in [0, 0.1) is 12.8 Å². The van der Waals surface area contributed by atoms with Gasteiger partial charge in [0, 0.05) is 24.6 Å². The standard InChI is InChI=1S/C37H49N3O6/c1-24(2)16-17-26(4)40(35(44)31(39-36(45)46-37(5,6)7)22-27-18-20-29(41)21-19-27)32(30-15-11-12-25(3)33(30)42)34(43)38-23-28-13-9-8-10-14-28/h8-15,18-21,24,26,31-32,41-42H,16-17,22-23H2,1-7H3,(H,38,43)(H,39,45). The van der Waals surface area contributed by atoms with E-state index in [0.29, 0.717) is 23.5 Å². The van der Waals surface area contributed by atoms with Gasteiger partial charge in [-0.05, 0) is 82.2 Å². The fraction of sp³-hybridized carbons (Fsp3) is 0.432. The smallest absolute Gasteiger partial charge is 0.408 e. The van der Waals surface area contributed by atoms with E-state index in [4.69, 9.17) is 4.74 Å². The molecule has 3 atom stereocenters. The molecule has 0 fully saturated rings. The summed E-state index contributed by atoms with van der Waals surface area (Å²) in [6.45, 7) is 13.2. The van der Waals surface area contributed by atoms with E-state index < -0.39 is 41.6 Å². The maximum Gasteiger partial charge on any atom is 0.408 e. The van der Waals surface area contributed by atoms with Gasteiger partial charge >= 0.3 is 6.09 Å². The van der Waals surface area contributed by atoms with Crippen LogP contribution in [0.15, 0.2) is 72.8 Å². The zero-order chi connectivity index (χ0) is 34.0. The second kappa shape index (κ2) is 16.2. The molecule has 4 N–H and O–H groups in total. The summed E-state index contributed by atoms with van der Waals surface area (Å²) in [5, 5.41) is 26.9. The number of aryl methyl sites for hydroxylation is 1. The van der Waals surface area contributed by atoms with Crippen molar-refractivity contribution in [3.63, 3.8) is 0 Å². The molecular formula is C37H49N3O6. The summed E-state index contributed by atoms with van der Waals surface area (Å²) >= 11 is 0. The minimum Gasteiger partial charge on any atom is -0.508 e. The molecule has 0 aliphatic carbocycles. The number of ether oxygens (including phenoxy) is 1. The van der Waals surface area contributed by atoms with Gasteiger partial charge in [-0.25, -0.2) is 4.79 Å². The summed E-state index contributed by atoms with van der Waals surface area (Å²) in [6, 6.07) is 18.2. The zero-order valence-electron chi connectivity index (χ0n) is 28.0. The van der Waals surface area contributed by atoms with Crippen molar-refractivity contribution in [1.82, 2.24) is 15.5 Å². The number of para-hydroxylation sites is 1. The van der Waals surface area contributed by atoms with Crippen LogP contribution < -0.4 is 10.6 Å². The van der Waals surface area contributed by atoms with E-state index in [0.717, 1.165) is 12.0 Å². The minimum atomic E-state index is -1.21. The highest BCUT2D eigenvalue weighted by Crippen LogP contribution is 2.35. The third kappa shape index (κ3) is 10.5. The Morgan fingerprint density at radius 1 is 0.848 bits per heavy atom. The number of carbonyl (C=O) groups is 3. The zero-order valence-corrected chi connectivity index (χ0v) is 28.0. The van der Waals surface area contributed by atoms with Crippen LogP contribution in [0.4, 0.5) is 4.79 Å². The second-order valence-electron chi connectivity index (χ2n) is 13.3. The Hall–Kier alpha value is -4.53. The number of aromatic hydroxyl groups is 2.